The third-order valence-electron chi connectivity index (χ3n) is 7.11. The highest BCUT2D eigenvalue weighted by Gasteiger charge is 2.45. The molecule has 172 valence electrons. The van der Waals surface area contributed by atoms with E-state index in [0.29, 0.717) is 19.2 Å². The van der Waals surface area contributed by atoms with Gasteiger partial charge in [-0.15, -0.1) is 0 Å². The Morgan fingerprint density at radius 3 is 2.78 bits per heavy atom. The summed E-state index contributed by atoms with van der Waals surface area (Å²) in [5, 5.41) is 9.45. The number of ether oxygens (including phenoxy) is 2. The minimum Gasteiger partial charge on any atom is -0.461 e. The molecule has 3 aromatic rings. The molecule has 0 saturated carbocycles. The molecule has 0 amide bonds. The minimum atomic E-state index is 0. The maximum Gasteiger partial charge on any atom is 0.319 e. The molecule has 6 rings (SSSR count). The summed E-state index contributed by atoms with van der Waals surface area (Å²) >= 11 is 3.68. The highest BCUT2D eigenvalue weighted by atomic mass is 79.9. The Balaban J connectivity index is 0.00000216. The molecule has 0 bridgehead atoms. The van der Waals surface area contributed by atoms with Crippen LogP contribution in [0.3, 0.4) is 0 Å². The summed E-state index contributed by atoms with van der Waals surface area (Å²) in [6, 6.07) is 2.52. The molecule has 3 aliphatic rings. The van der Waals surface area contributed by atoms with Crippen molar-refractivity contribution in [1.29, 1.82) is 0 Å². The number of halogens is 1. The van der Waals surface area contributed by atoms with Crippen LogP contribution in [0.1, 0.15) is 32.1 Å². The van der Waals surface area contributed by atoms with Crippen molar-refractivity contribution in [3.8, 4) is 6.01 Å². The minimum absolute atomic E-state index is 0. The first-order valence-electron chi connectivity index (χ1n) is 11.3. The summed E-state index contributed by atoms with van der Waals surface area (Å²) in [5.41, 5.74) is 1.98. The Kier molecular flexibility index (Phi) is 6.21. The predicted molar refractivity (Wildman–Crippen MR) is 133 cm³/mol. The number of fused-ring (bicyclic) bond motifs is 4. The number of benzene rings is 1. The van der Waals surface area contributed by atoms with Crippen molar-refractivity contribution in [1.82, 2.24) is 25.1 Å². The van der Waals surface area contributed by atoms with E-state index in [9.17, 15) is 0 Å². The Hall–Kier alpha value is -1.62. The van der Waals surface area contributed by atoms with E-state index in [2.05, 4.69) is 42.0 Å². The largest absolute Gasteiger partial charge is 0.461 e. The molecule has 0 unspecified atom stereocenters. The Morgan fingerprint density at radius 1 is 1.09 bits per heavy atom. The normalized spacial score (nSPS) is 21.0. The first kappa shape index (κ1) is 22.2. The SMILES string of the molecule is Brc1cc2nc(OCC34CCCN3CCC4)nc(N3CCCOCC3)c2c2[nH]ncc12.S. The number of rotatable bonds is 4. The molecule has 1 N–H and O–H groups in total. The second kappa shape index (κ2) is 8.96. The highest BCUT2D eigenvalue weighted by Crippen LogP contribution is 2.40. The maximum atomic E-state index is 6.34. The molecule has 0 spiro atoms. The molecule has 1 aromatic carbocycles. The highest BCUT2D eigenvalue weighted by molar-refractivity contribution is 9.10. The average Bonchev–Trinajstić information content (AvgIpc) is 3.43. The molecule has 3 saturated heterocycles. The monoisotopic (exact) mass is 520 g/mol. The average molecular weight is 521 g/mol. The van der Waals surface area contributed by atoms with Crippen LogP contribution in [0.5, 0.6) is 6.01 Å². The van der Waals surface area contributed by atoms with Gasteiger partial charge in [-0.25, -0.2) is 0 Å². The fourth-order valence-electron chi connectivity index (χ4n) is 5.56. The molecule has 3 aliphatic heterocycles. The summed E-state index contributed by atoms with van der Waals surface area (Å²) in [5.74, 6) is 0.902. The summed E-state index contributed by atoms with van der Waals surface area (Å²) in [6.07, 6.45) is 7.74. The Labute approximate surface area is 202 Å². The van der Waals surface area contributed by atoms with Crippen LogP contribution in [-0.2, 0) is 4.74 Å². The molecule has 3 fully saturated rings. The zero-order chi connectivity index (χ0) is 20.8. The first-order valence-corrected chi connectivity index (χ1v) is 12.1. The van der Waals surface area contributed by atoms with E-state index in [1.54, 1.807) is 0 Å². The third-order valence-corrected chi connectivity index (χ3v) is 7.77. The molecule has 5 heterocycles. The lowest BCUT2D eigenvalue weighted by Gasteiger charge is -2.31. The second-order valence-electron chi connectivity index (χ2n) is 8.90. The van der Waals surface area contributed by atoms with Crippen LogP contribution in [-0.4, -0.2) is 76.6 Å². The lowest BCUT2D eigenvalue weighted by Crippen LogP contribution is -2.43. The van der Waals surface area contributed by atoms with Gasteiger partial charge in [-0.1, -0.05) is 0 Å². The van der Waals surface area contributed by atoms with Crippen LogP contribution in [0.25, 0.3) is 21.8 Å². The third kappa shape index (κ3) is 3.74. The van der Waals surface area contributed by atoms with E-state index in [4.69, 9.17) is 19.4 Å². The lowest BCUT2D eigenvalue weighted by atomic mass is 9.95. The van der Waals surface area contributed by atoms with Crippen molar-refractivity contribution >= 4 is 57.0 Å². The quantitative estimate of drug-likeness (QED) is 0.562. The zero-order valence-corrected chi connectivity index (χ0v) is 20.7. The summed E-state index contributed by atoms with van der Waals surface area (Å²) in [6.45, 7) is 6.21. The maximum absolute atomic E-state index is 6.34. The molecular formula is C22H29BrN6O2S. The predicted octanol–water partition coefficient (Wildman–Crippen LogP) is 3.62. The van der Waals surface area contributed by atoms with Crippen molar-refractivity contribution < 1.29 is 9.47 Å². The Bertz CT molecular complexity index is 1110. The first-order chi connectivity index (χ1) is 15.2. The van der Waals surface area contributed by atoms with Crippen LogP contribution in [0.15, 0.2) is 16.7 Å². The van der Waals surface area contributed by atoms with Crippen molar-refractivity contribution in [2.24, 2.45) is 0 Å². The standard InChI is InChI=1S/C22H27BrN6O2.H2S/c23-16-12-17-18(19-15(16)13-24-27-19)20(28-6-3-10-30-11-9-28)26-21(25-17)31-14-22-4-1-7-29(22)8-2-5-22;/h12-13H,1-11,14H2,(H,24,27);1H2. The van der Waals surface area contributed by atoms with Gasteiger partial charge in [-0.3, -0.25) is 10.00 Å². The van der Waals surface area contributed by atoms with Crippen LogP contribution in [0, 0.1) is 0 Å². The number of aromatic amines is 1. The van der Waals surface area contributed by atoms with Crippen LogP contribution in [0.4, 0.5) is 5.82 Å². The van der Waals surface area contributed by atoms with Gasteiger partial charge in [0.25, 0.3) is 0 Å². The van der Waals surface area contributed by atoms with Crippen molar-refractivity contribution in [3.05, 3.63) is 16.7 Å². The van der Waals surface area contributed by atoms with Gasteiger partial charge in [-0.05, 0) is 67.2 Å². The fourth-order valence-corrected chi connectivity index (χ4v) is 6.07. The lowest BCUT2D eigenvalue weighted by molar-refractivity contribution is 0.108. The number of anilines is 1. The summed E-state index contributed by atoms with van der Waals surface area (Å²) in [7, 11) is 0. The molecular weight excluding hydrogens is 492 g/mol. The number of nitrogens with one attached hydrogen (secondary N) is 1. The van der Waals surface area contributed by atoms with Crippen molar-refractivity contribution in [3.63, 3.8) is 0 Å². The second-order valence-corrected chi connectivity index (χ2v) is 9.76. The van der Waals surface area contributed by atoms with Crippen LogP contribution < -0.4 is 9.64 Å². The van der Waals surface area contributed by atoms with E-state index in [-0.39, 0.29) is 19.0 Å². The molecule has 0 atom stereocenters. The number of H-pyrrole nitrogens is 1. The van der Waals surface area contributed by atoms with Crippen LogP contribution in [0.2, 0.25) is 0 Å². The number of nitrogens with zero attached hydrogens (tertiary/aromatic N) is 5. The van der Waals surface area contributed by atoms with Gasteiger partial charge < -0.3 is 14.4 Å². The molecule has 2 aromatic heterocycles. The number of hydrogen-bond donors (Lipinski definition) is 1. The molecule has 0 radical (unpaired) electrons. The Morgan fingerprint density at radius 2 is 1.94 bits per heavy atom. The molecule has 0 aliphatic carbocycles. The molecule has 10 heteroatoms. The van der Waals surface area contributed by atoms with Gasteiger partial charge in [0.15, 0.2) is 0 Å². The van der Waals surface area contributed by atoms with E-state index in [0.717, 1.165) is 58.2 Å². The summed E-state index contributed by atoms with van der Waals surface area (Å²) in [4.78, 5) is 14.7. The van der Waals surface area contributed by atoms with Gasteiger partial charge in [0.2, 0.25) is 0 Å². The molecule has 8 nitrogen and oxygen atoms in total. The van der Waals surface area contributed by atoms with E-state index >= 15 is 0 Å². The van der Waals surface area contributed by atoms with Gasteiger partial charge in [0.05, 0.1) is 34.8 Å². The van der Waals surface area contributed by atoms with Crippen molar-refractivity contribution in [2.75, 3.05) is 50.9 Å². The van der Waals surface area contributed by atoms with E-state index in [1.807, 2.05) is 6.20 Å². The zero-order valence-electron chi connectivity index (χ0n) is 18.1. The topological polar surface area (TPSA) is 79.4 Å². The molecule has 32 heavy (non-hydrogen) atoms. The fraction of sp³-hybridized carbons (Fsp3) is 0.591. The number of hydrogen-bond acceptors (Lipinski definition) is 7. The number of aromatic nitrogens is 4. The van der Waals surface area contributed by atoms with Gasteiger partial charge >= 0.3 is 6.01 Å². The van der Waals surface area contributed by atoms with Gasteiger partial charge in [0.1, 0.15) is 12.4 Å². The van der Waals surface area contributed by atoms with Gasteiger partial charge in [0, 0.05) is 29.6 Å². The van der Waals surface area contributed by atoms with E-state index in [1.165, 1.54) is 38.8 Å². The van der Waals surface area contributed by atoms with E-state index < -0.39 is 0 Å². The smallest absolute Gasteiger partial charge is 0.319 e. The van der Waals surface area contributed by atoms with Gasteiger partial charge in [-0.2, -0.15) is 28.6 Å². The van der Waals surface area contributed by atoms with Crippen LogP contribution >= 0.6 is 29.4 Å². The van der Waals surface area contributed by atoms with Crippen molar-refractivity contribution in [2.45, 2.75) is 37.6 Å². The summed E-state index contributed by atoms with van der Waals surface area (Å²) < 4.78 is 13.0.